The van der Waals surface area contributed by atoms with E-state index in [9.17, 15) is 8.42 Å². The number of aryl methyl sites for hydroxylation is 1. The van der Waals surface area contributed by atoms with Crippen molar-refractivity contribution in [3.05, 3.63) is 42.0 Å². The Kier molecular flexibility index (Phi) is 4.89. The summed E-state index contributed by atoms with van der Waals surface area (Å²) in [6.45, 7) is 8.19. The van der Waals surface area contributed by atoms with Crippen LogP contribution < -0.4 is 0 Å². The molecule has 1 aromatic carbocycles. The summed E-state index contributed by atoms with van der Waals surface area (Å²) < 4.78 is 27.7. The Labute approximate surface area is 128 Å². The van der Waals surface area contributed by atoms with E-state index in [1.165, 1.54) is 0 Å². The smallest absolute Gasteiger partial charge is 0.207 e. The zero-order chi connectivity index (χ0) is 15.6. The van der Waals surface area contributed by atoms with Crippen LogP contribution >= 0.6 is 0 Å². The maximum Gasteiger partial charge on any atom is 0.243 e. The minimum absolute atomic E-state index is 0.0521. The van der Waals surface area contributed by atoms with Crippen LogP contribution in [0, 0.1) is 12.8 Å². The Morgan fingerprint density at radius 3 is 2.43 bits per heavy atom. The first-order valence-electron chi connectivity index (χ1n) is 7.59. The molecule has 0 spiro atoms. The van der Waals surface area contributed by atoms with E-state index >= 15 is 0 Å². The van der Waals surface area contributed by atoms with Gasteiger partial charge >= 0.3 is 0 Å². The fourth-order valence-corrected chi connectivity index (χ4v) is 4.74. The van der Waals surface area contributed by atoms with Crippen LogP contribution in [0.3, 0.4) is 0 Å². The van der Waals surface area contributed by atoms with E-state index in [1.54, 1.807) is 16.4 Å². The van der Waals surface area contributed by atoms with Crippen molar-refractivity contribution in [2.45, 2.75) is 57.5 Å². The molecule has 1 aromatic rings. The van der Waals surface area contributed by atoms with E-state index in [4.69, 9.17) is 0 Å². The molecule has 4 heteroatoms. The van der Waals surface area contributed by atoms with Crippen LogP contribution in [0.1, 0.15) is 39.2 Å². The molecule has 0 fully saturated rings. The lowest BCUT2D eigenvalue weighted by Crippen LogP contribution is -2.47. The van der Waals surface area contributed by atoms with Gasteiger partial charge in [0.25, 0.3) is 0 Å². The minimum atomic E-state index is -3.44. The first-order valence-corrected chi connectivity index (χ1v) is 9.03. The summed E-state index contributed by atoms with van der Waals surface area (Å²) >= 11 is 0. The van der Waals surface area contributed by atoms with Crippen LogP contribution in [0.5, 0.6) is 0 Å². The molecule has 116 valence electrons. The predicted molar refractivity (Wildman–Crippen MR) is 86.7 cm³/mol. The van der Waals surface area contributed by atoms with Gasteiger partial charge in [-0.1, -0.05) is 43.7 Å². The second-order valence-electron chi connectivity index (χ2n) is 6.34. The summed E-state index contributed by atoms with van der Waals surface area (Å²) in [5.74, 6) is 0.476. The lowest BCUT2D eigenvalue weighted by atomic mass is 9.97. The van der Waals surface area contributed by atoms with Gasteiger partial charge in [-0.05, 0) is 44.7 Å². The van der Waals surface area contributed by atoms with Gasteiger partial charge in [0, 0.05) is 12.1 Å². The standard InChI is InChI=1S/C17H25NO2S/c1-13(2)12-16-7-5-6-15(4)18(16)21(19,20)17-10-8-14(3)9-11-17/h5-6,8-11,13,15-16H,7,12H2,1-4H3/t15-,16+/m1/s1. The topological polar surface area (TPSA) is 37.4 Å². The lowest BCUT2D eigenvalue weighted by molar-refractivity contribution is 0.246. The lowest BCUT2D eigenvalue weighted by Gasteiger charge is -2.37. The fraction of sp³-hybridized carbons (Fsp3) is 0.529. The Morgan fingerprint density at radius 1 is 1.24 bits per heavy atom. The van der Waals surface area contributed by atoms with Crippen molar-refractivity contribution >= 4 is 10.0 Å². The number of sulfonamides is 1. The quantitative estimate of drug-likeness (QED) is 0.795. The molecule has 0 bridgehead atoms. The van der Waals surface area contributed by atoms with E-state index in [0.29, 0.717) is 10.8 Å². The maximum absolute atomic E-state index is 13.0. The molecule has 0 radical (unpaired) electrons. The number of hydrogen-bond donors (Lipinski definition) is 0. The second-order valence-corrected chi connectivity index (χ2v) is 8.18. The molecule has 0 aromatic heterocycles. The number of benzene rings is 1. The van der Waals surface area contributed by atoms with E-state index in [-0.39, 0.29) is 12.1 Å². The third-order valence-corrected chi connectivity index (χ3v) is 5.98. The van der Waals surface area contributed by atoms with Crippen molar-refractivity contribution in [1.82, 2.24) is 4.31 Å². The normalized spacial score (nSPS) is 23.7. The van der Waals surface area contributed by atoms with Crippen molar-refractivity contribution < 1.29 is 8.42 Å². The van der Waals surface area contributed by atoms with Gasteiger partial charge in [0.2, 0.25) is 10.0 Å². The highest BCUT2D eigenvalue weighted by Crippen LogP contribution is 2.29. The van der Waals surface area contributed by atoms with Gasteiger partial charge < -0.3 is 0 Å². The molecule has 2 atom stereocenters. The molecule has 0 saturated carbocycles. The molecule has 0 N–H and O–H groups in total. The molecule has 1 aliphatic rings. The third kappa shape index (κ3) is 3.55. The highest BCUT2D eigenvalue weighted by Gasteiger charge is 2.35. The van der Waals surface area contributed by atoms with Gasteiger partial charge in [0.1, 0.15) is 0 Å². The Hall–Kier alpha value is -1.13. The summed E-state index contributed by atoms with van der Waals surface area (Å²) in [5.41, 5.74) is 1.07. The zero-order valence-electron chi connectivity index (χ0n) is 13.3. The first-order chi connectivity index (χ1) is 9.82. The van der Waals surface area contributed by atoms with Gasteiger partial charge in [-0.15, -0.1) is 0 Å². The molecule has 1 heterocycles. The highest BCUT2D eigenvalue weighted by atomic mass is 32.2. The van der Waals surface area contributed by atoms with Crippen molar-refractivity contribution in [3.8, 4) is 0 Å². The average molecular weight is 307 g/mol. The van der Waals surface area contributed by atoms with Crippen molar-refractivity contribution in [2.75, 3.05) is 0 Å². The SMILES string of the molecule is Cc1ccc(S(=O)(=O)N2[C@H](CC(C)C)CC=C[C@H]2C)cc1. The predicted octanol–water partition coefficient (Wildman–Crippen LogP) is 3.75. The molecule has 0 unspecified atom stereocenters. The Morgan fingerprint density at radius 2 is 1.86 bits per heavy atom. The van der Waals surface area contributed by atoms with Crippen LogP contribution in [-0.4, -0.2) is 24.8 Å². The number of rotatable bonds is 4. The Balaban J connectivity index is 2.39. The molecule has 0 aliphatic carbocycles. The minimum Gasteiger partial charge on any atom is -0.207 e. The van der Waals surface area contributed by atoms with E-state index in [2.05, 4.69) is 19.9 Å². The van der Waals surface area contributed by atoms with Crippen LogP contribution in [-0.2, 0) is 10.0 Å². The van der Waals surface area contributed by atoms with Gasteiger partial charge in [-0.25, -0.2) is 8.42 Å². The van der Waals surface area contributed by atoms with Crippen molar-refractivity contribution in [2.24, 2.45) is 5.92 Å². The third-order valence-electron chi connectivity index (χ3n) is 3.92. The fourth-order valence-electron chi connectivity index (χ4n) is 2.95. The van der Waals surface area contributed by atoms with E-state index in [1.807, 2.05) is 32.1 Å². The summed E-state index contributed by atoms with van der Waals surface area (Å²) in [4.78, 5) is 0.393. The molecule has 0 saturated heterocycles. The highest BCUT2D eigenvalue weighted by molar-refractivity contribution is 7.89. The number of nitrogens with zero attached hydrogens (tertiary/aromatic N) is 1. The average Bonchev–Trinajstić information content (AvgIpc) is 2.38. The second kappa shape index (κ2) is 6.32. The zero-order valence-corrected chi connectivity index (χ0v) is 14.1. The molecular weight excluding hydrogens is 282 g/mol. The van der Waals surface area contributed by atoms with E-state index < -0.39 is 10.0 Å². The molecule has 0 amide bonds. The molecule has 1 aliphatic heterocycles. The molecule has 3 nitrogen and oxygen atoms in total. The van der Waals surface area contributed by atoms with Crippen molar-refractivity contribution in [1.29, 1.82) is 0 Å². The van der Waals surface area contributed by atoms with Gasteiger partial charge in [0.15, 0.2) is 0 Å². The van der Waals surface area contributed by atoms with Crippen LogP contribution in [0.4, 0.5) is 0 Å². The monoisotopic (exact) mass is 307 g/mol. The van der Waals surface area contributed by atoms with E-state index in [0.717, 1.165) is 18.4 Å². The molecule has 21 heavy (non-hydrogen) atoms. The molecular formula is C17H25NO2S. The number of hydrogen-bond acceptors (Lipinski definition) is 2. The van der Waals surface area contributed by atoms with Crippen molar-refractivity contribution in [3.63, 3.8) is 0 Å². The Bertz CT molecular complexity index is 602. The van der Waals surface area contributed by atoms with Crippen LogP contribution in [0.15, 0.2) is 41.3 Å². The summed E-state index contributed by atoms with van der Waals surface area (Å²) in [7, 11) is -3.44. The van der Waals surface area contributed by atoms with Gasteiger partial charge in [0.05, 0.1) is 4.90 Å². The van der Waals surface area contributed by atoms with Gasteiger partial charge in [-0.2, -0.15) is 4.31 Å². The molecule has 2 rings (SSSR count). The summed E-state index contributed by atoms with van der Waals surface area (Å²) in [6.07, 6.45) is 5.79. The van der Waals surface area contributed by atoms with Crippen LogP contribution in [0.2, 0.25) is 0 Å². The summed E-state index contributed by atoms with van der Waals surface area (Å²) in [5, 5.41) is 0. The maximum atomic E-state index is 13.0. The van der Waals surface area contributed by atoms with Gasteiger partial charge in [-0.3, -0.25) is 0 Å². The first kappa shape index (κ1) is 16.2. The summed E-state index contributed by atoms with van der Waals surface area (Å²) in [6, 6.07) is 7.10. The largest absolute Gasteiger partial charge is 0.243 e. The van der Waals surface area contributed by atoms with Crippen LogP contribution in [0.25, 0.3) is 0 Å².